The Bertz CT molecular complexity index is 706. The minimum absolute atomic E-state index is 0.205. The highest BCUT2D eigenvalue weighted by molar-refractivity contribution is 7.46. The highest BCUT2D eigenvalue weighted by Crippen LogP contribution is 2.35. The van der Waals surface area contributed by atoms with E-state index in [9.17, 15) is 14.2 Å². The fraction of sp³-hybridized carbons (Fsp3) is 0.879. The first-order valence-corrected chi connectivity index (χ1v) is 18.5. The number of rotatable bonds is 31. The summed E-state index contributed by atoms with van der Waals surface area (Å²) >= 11 is 0. The number of hydrogen-bond acceptors (Lipinski definition) is 6. The Morgan fingerprint density at radius 2 is 1.00 bits per heavy atom. The summed E-state index contributed by atoms with van der Waals surface area (Å²) in [5, 5.41) is 0. The number of esters is 2. The van der Waals surface area contributed by atoms with Crippen LogP contribution in [0.5, 0.6) is 0 Å². The van der Waals surface area contributed by atoms with E-state index in [-0.39, 0.29) is 19.4 Å². The first-order valence-electron chi connectivity index (χ1n) is 17.0. The number of carbonyl (C=O) groups is 2. The van der Waals surface area contributed by atoms with Crippen molar-refractivity contribution in [1.82, 2.24) is 0 Å². The zero-order valence-corrected chi connectivity index (χ0v) is 27.8. The Morgan fingerprint density at radius 3 is 1.48 bits per heavy atom. The van der Waals surface area contributed by atoms with Crippen LogP contribution in [-0.4, -0.2) is 41.0 Å². The van der Waals surface area contributed by atoms with E-state index in [1.165, 1.54) is 83.5 Å². The van der Waals surface area contributed by atoms with Crippen LogP contribution in [-0.2, 0) is 28.2 Å². The van der Waals surface area contributed by atoms with Crippen molar-refractivity contribution in [2.45, 2.75) is 174 Å². The van der Waals surface area contributed by atoms with Crippen molar-refractivity contribution in [3.05, 3.63) is 12.2 Å². The number of allylic oxidation sites excluding steroid dienone is 2. The molecule has 0 saturated heterocycles. The lowest BCUT2D eigenvalue weighted by atomic mass is 10.1. The standard InChI is InChI=1S/C33H63O8P/c1-3-5-7-9-11-13-15-16-18-20-22-24-26-28-33(35)41-31(30-40-42(36,37)38)29-39-32(34)27-25-23-21-19-17-14-12-10-8-6-4-2/h13,15,31H,3-12,14,16-30H2,1-2H3,(H2,36,37,38)/b15-13-/t31-/m0/s1. The summed E-state index contributed by atoms with van der Waals surface area (Å²) in [6.45, 7) is 3.63. The summed E-state index contributed by atoms with van der Waals surface area (Å²) in [6, 6.07) is 0. The van der Waals surface area contributed by atoms with E-state index in [0.29, 0.717) is 6.42 Å². The van der Waals surface area contributed by atoms with E-state index in [1.54, 1.807) is 0 Å². The lowest BCUT2D eigenvalue weighted by Gasteiger charge is -2.18. The smallest absolute Gasteiger partial charge is 0.462 e. The van der Waals surface area contributed by atoms with Gasteiger partial charge in [0.1, 0.15) is 6.61 Å². The second-order valence-electron chi connectivity index (χ2n) is 11.5. The first-order chi connectivity index (χ1) is 20.3. The second kappa shape index (κ2) is 29.8. The van der Waals surface area contributed by atoms with Crippen molar-refractivity contribution in [3.63, 3.8) is 0 Å². The summed E-state index contributed by atoms with van der Waals surface area (Å²) in [6.07, 6.45) is 29.3. The monoisotopic (exact) mass is 618 g/mol. The summed E-state index contributed by atoms with van der Waals surface area (Å²) < 4.78 is 26.2. The van der Waals surface area contributed by atoms with Gasteiger partial charge >= 0.3 is 19.8 Å². The molecule has 0 aliphatic heterocycles. The van der Waals surface area contributed by atoms with Crippen molar-refractivity contribution in [1.29, 1.82) is 0 Å². The largest absolute Gasteiger partial charge is 0.469 e. The summed E-state index contributed by atoms with van der Waals surface area (Å²) in [7, 11) is -4.74. The maximum Gasteiger partial charge on any atom is 0.469 e. The van der Waals surface area contributed by atoms with Gasteiger partial charge in [-0.1, -0.05) is 129 Å². The number of phosphoric acid groups is 1. The Morgan fingerprint density at radius 1 is 0.595 bits per heavy atom. The molecule has 0 radical (unpaired) electrons. The van der Waals surface area contributed by atoms with E-state index in [1.807, 2.05) is 0 Å². The average molecular weight is 619 g/mol. The third kappa shape index (κ3) is 31.7. The van der Waals surface area contributed by atoms with E-state index in [0.717, 1.165) is 51.4 Å². The maximum atomic E-state index is 12.3. The molecule has 0 aliphatic rings. The molecule has 0 amide bonds. The third-order valence-electron chi connectivity index (χ3n) is 7.28. The summed E-state index contributed by atoms with van der Waals surface area (Å²) in [5.74, 6) is -0.892. The molecule has 0 fully saturated rings. The van der Waals surface area contributed by atoms with Gasteiger partial charge < -0.3 is 19.3 Å². The van der Waals surface area contributed by atoms with Crippen LogP contribution >= 0.6 is 7.82 Å². The van der Waals surface area contributed by atoms with Crippen molar-refractivity contribution in [2.24, 2.45) is 0 Å². The van der Waals surface area contributed by atoms with Crippen molar-refractivity contribution in [2.75, 3.05) is 13.2 Å². The highest BCUT2D eigenvalue weighted by atomic mass is 31.2. The lowest BCUT2D eigenvalue weighted by molar-refractivity contribution is -0.161. The van der Waals surface area contributed by atoms with Gasteiger partial charge in [0.05, 0.1) is 6.61 Å². The van der Waals surface area contributed by atoms with Crippen molar-refractivity contribution >= 4 is 19.8 Å². The van der Waals surface area contributed by atoms with Gasteiger partial charge in [-0.25, -0.2) is 4.57 Å². The number of carbonyl (C=O) groups excluding carboxylic acids is 2. The summed E-state index contributed by atoms with van der Waals surface area (Å²) in [4.78, 5) is 42.5. The predicted octanol–water partition coefficient (Wildman–Crippen LogP) is 9.51. The minimum Gasteiger partial charge on any atom is -0.462 e. The SMILES string of the molecule is CCCCCC/C=C\CCCCCCCC(=O)O[C@@H](COC(=O)CCCCCCCCCCCCC)COP(=O)(O)O. The average Bonchev–Trinajstić information content (AvgIpc) is 2.95. The Balaban J connectivity index is 4.02. The fourth-order valence-electron chi connectivity index (χ4n) is 4.72. The van der Waals surface area contributed by atoms with Gasteiger partial charge in [-0.2, -0.15) is 0 Å². The molecule has 0 aliphatic carbocycles. The van der Waals surface area contributed by atoms with E-state index in [2.05, 4.69) is 30.5 Å². The van der Waals surface area contributed by atoms with Gasteiger partial charge in [-0.05, 0) is 38.5 Å². The quantitative estimate of drug-likeness (QED) is 0.0341. The van der Waals surface area contributed by atoms with Crippen molar-refractivity contribution < 1.29 is 37.9 Å². The molecular formula is C33H63O8P. The third-order valence-corrected chi connectivity index (χ3v) is 7.77. The van der Waals surface area contributed by atoms with Gasteiger partial charge in [0.15, 0.2) is 6.10 Å². The van der Waals surface area contributed by atoms with Gasteiger partial charge in [0.2, 0.25) is 0 Å². The number of unbranched alkanes of at least 4 members (excludes halogenated alkanes) is 19. The predicted molar refractivity (Wildman–Crippen MR) is 170 cm³/mol. The van der Waals surface area contributed by atoms with Crippen LogP contribution in [0.4, 0.5) is 0 Å². The van der Waals surface area contributed by atoms with Crippen LogP contribution in [0.25, 0.3) is 0 Å². The summed E-state index contributed by atoms with van der Waals surface area (Å²) in [5.41, 5.74) is 0. The van der Waals surface area contributed by atoms with Crippen LogP contribution in [0.3, 0.4) is 0 Å². The number of hydrogen-bond donors (Lipinski definition) is 2. The van der Waals surface area contributed by atoms with Crippen LogP contribution in [0.2, 0.25) is 0 Å². The zero-order chi connectivity index (χ0) is 31.2. The van der Waals surface area contributed by atoms with Crippen LogP contribution < -0.4 is 0 Å². The molecule has 0 aromatic carbocycles. The maximum absolute atomic E-state index is 12.3. The van der Waals surface area contributed by atoms with Crippen LogP contribution in [0.15, 0.2) is 12.2 Å². The van der Waals surface area contributed by atoms with Gasteiger partial charge in [0.25, 0.3) is 0 Å². The molecule has 0 aromatic heterocycles. The molecular weight excluding hydrogens is 555 g/mol. The molecule has 0 unspecified atom stereocenters. The van der Waals surface area contributed by atoms with Crippen LogP contribution in [0.1, 0.15) is 168 Å². The lowest BCUT2D eigenvalue weighted by Crippen LogP contribution is -2.29. The van der Waals surface area contributed by atoms with Crippen molar-refractivity contribution in [3.8, 4) is 0 Å². The Labute approximate surface area is 257 Å². The molecule has 248 valence electrons. The molecule has 0 rings (SSSR count). The molecule has 8 nitrogen and oxygen atoms in total. The molecule has 0 saturated carbocycles. The minimum atomic E-state index is -4.74. The fourth-order valence-corrected chi connectivity index (χ4v) is 5.08. The molecule has 0 bridgehead atoms. The Kier molecular flexibility index (Phi) is 29.0. The highest BCUT2D eigenvalue weighted by Gasteiger charge is 2.22. The molecule has 2 N–H and O–H groups in total. The normalized spacial score (nSPS) is 12.6. The van der Waals surface area contributed by atoms with Crippen LogP contribution in [0, 0.1) is 0 Å². The molecule has 9 heteroatoms. The number of ether oxygens (including phenoxy) is 2. The van der Waals surface area contributed by atoms with Gasteiger partial charge in [0, 0.05) is 12.8 Å². The van der Waals surface area contributed by atoms with Gasteiger partial charge in [-0.3, -0.25) is 14.1 Å². The second-order valence-corrected chi connectivity index (χ2v) is 12.7. The Hall–Kier alpha value is -1.21. The zero-order valence-electron chi connectivity index (χ0n) is 26.9. The topological polar surface area (TPSA) is 119 Å². The molecule has 0 heterocycles. The molecule has 0 spiro atoms. The first kappa shape index (κ1) is 40.8. The molecule has 0 aromatic rings. The van der Waals surface area contributed by atoms with E-state index >= 15 is 0 Å². The van der Waals surface area contributed by atoms with E-state index in [4.69, 9.17) is 19.3 Å². The van der Waals surface area contributed by atoms with E-state index < -0.39 is 32.5 Å². The van der Waals surface area contributed by atoms with Gasteiger partial charge in [-0.15, -0.1) is 0 Å². The molecule has 1 atom stereocenters. The number of phosphoric ester groups is 1. The molecule has 42 heavy (non-hydrogen) atoms.